The lowest BCUT2D eigenvalue weighted by Gasteiger charge is -2.41. The molecular formula is C27H26FN5O2S. The second-order valence-corrected chi connectivity index (χ2v) is 10.3. The Morgan fingerprint density at radius 1 is 1.03 bits per heavy atom. The zero-order chi connectivity index (χ0) is 24.8. The molecule has 184 valence electrons. The maximum Gasteiger partial charge on any atom is 0.273 e. The Balaban J connectivity index is 1.07. The average Bonchev–Trinajstić information content (AvgIpc) is 3.62. The second kappa shape index (κ2) is 9.15. The molecule has 2 aromatic heterocycles. The van der Waals surface area contributed by atoms with Gasteiger partial charge in [-0.25, -0.2) is 9.37 Å². The van der Waals surface area contributed by atoms with E-state index in [0.29, 0.717) is 30.9 Å². The van der Waals surface area contributed by atoms with Gasteiger partial charge in [-0.1, -0.05) is 18.2 Å². The smallest absolute Gasteiger partial charge is 0.273 e. The summed E-state index contributed by atoms with van der Waals surface area (Å²) < 4.78 is 15.4. The van der Waals surface area contributed by atoms with Gasteiger partial charge in [0.1, 0.15) is 11.5 Å². The van der Waals surface area contributed by atoms with Gasteiger partial charge in [-0.3, -0.25) is 9.59 Å². The van der Waals surface area contributed by atoms with E-state index in [9.17, 15) is 14.0 Å². The number of nitrogens with one attached hydrogen (secondary N) is 1. The first-order valence-corrected chi connectivity index (χ1v) is 13.0. The number of rotatable bonds is 5. The highest BCUT2D eigenvalue weighted by molar-refractivity contribution is 7.07. The van der Waals surface area contributed by atoms with Crippen LogP contribution in [0.1, 0.15) is 27.3 Å². The Morgan fingerprint density at radius 2 is 1.81 bits per heavy atom. The van der Waals surface area contributed by atoms with Gasteiger partial charge in [0.2, 0.25) is 0 Å². The van der Waals surface area contributed by atoms with Crippen LogP contribution in [0.15, 0.2) is 59.6 Å². The quantitative estimate of drug-likeness (QED) is 0.450. The second-order valence-electron chi connectivity index (χ2n) is 9.58. The van der Waals surface area contributed by atoms with Crippen molar-refractivity contribution in [3.05, 3.63) is 76.6 Å². The topological polar surface area (TPSA) is 70.5 Å². The maximum atomic E-state index is 13.4. The van der Waals surface area contributed by atoms with Crippen molar-refractivity contribution in [1.29, 1.82) is 0 Å². The molecule has 4 aromatic rings. The Morgan fingerprint density at radius 3 is 2.56 bits per heavy atom. The highest BCUT2D eigenvalue weighted by Crippen LogP contribution is 2.31. The molecule has 7 nitrogen and oxygen atoms in total. The van der Waals surface area contributed by atoms with E-state index in [1.165, 1.54) is 23.5 Å². The van der Waals surface area contributed by atoms with Gasteiger partial charge in [0.05, 0.1) is 5.51 Å². The number of likely N-dealkylation sites (tertiary alicyclic amines) is 2. The predicted molar refractivity (Wildman–Crippen MR) is 138 cm³/mol. The molecule has 0 bridgehead atoms. The Labute approximate surface area is 212 Å². The molecule has 2 aliphatic rings. The van der Waals surface area contributed by atoms with E-state index < -0.39 is 0 Å². The zero-order valence-electron chi connectivity index (χ0n) is 19.9. The number of benzene rings is 2. The summed E-state index contributed by atoms with van der Waals surface area (Å²) in [5.74, 6) is -0.251. The zero-order valence-corrected chi connectivity index (χ0v) is 20.7. The van der Waals surface area contributed by atoms with E-state index in [2.05, 4.69) is 10.3 Å². The molecule has 2 saturated heterocycles. The summed E-state index contributed by atoms with van der Waals surface area (Å²) >= 11 is 1.43. The Hall–Kier alpha value is -3.56. The lowest BCUT2D eigenvalue weighted by molar-refractivity contribution is 0.0553. The minimum absolute atomic E-state index is 0.00961. The first-order chi connectivity index (χ1) is 17.5. The predicted octanol–water partition coefficient (Wildman–Crippen LogP) is 3.77. The number of amides is 2. The van der Waals surface area contributed by atoms with Gasteiger partial charge in [0.25, 0.3) is 11.8 Å². The minimum Gasteiger partial charge on any atom is -0.350 e. The summed E-state index contributed by atoms with van der Waals surface area (Å²) in [4.78, 5) is 33.5. The van der Waals surface area contributed by atoms with Crippen molar-refractivity contribution in [3.8, 4) is 11.1 Å². The van der Waals surface area contributed by atoms with E-state index in [0.717, 1.165) is 35.0 Å². The average molecular weight is 504 g/mol. The monoisotopic (exact) mass is 503 g/mol. The van der Waals surface area contributed by atoms with E-state index in [1.54, 1.807) is 23.0 Å². The van der Waals surface area contributed by atoms with Crippen LogP contribution in [0.4, 0.5) is 4.39 Å². The van der Waals surface area contributed by atoms with Crippen LogP contribution in [-0.4, -0.2) is 69.4 Å². The molecule has 1 atom stereocenters. The summed E-state index contributed by atoms with van der Waals surface area (Å²) in [5, 5.41) is 6.43. The van der Waals surface area contributed by atoms with Crippen LogP contribution in [0.5, 0.6) is 0 Å². The third kappa shape index (κ3) is 4.18. The molecule has 1 unspecified atom stereocenters. The Bertz CT molecular complexity index is 1430. The number of aromatic nitrogens is 2. The van der Waals surface area contributed by atoms with E-state index in [4.69, 9.17) is 0 Å². The van der Waals surface area contributed by atoms with Crippen LogP contribution in [0.3, 0.4) is 0 Å². The van der Waals surface area contributed by atoms with Gasteiger partial charge < -0.3 is 19.7 Å². The first-order valence-electron chi connectivity index (χ1n) is 12.0. The first kappa shape index (κ1) is 22.9. The highest BCUT2D eigenvalue weighted by Gasteiger charge is 2.35. The van der Waals surface area contributed by atoms with Gasteiger partial charge in [0, 0.05) is 78.9 Å². The fourth-order valence-corrected chi connectivity index (χ4v) is 5.73. The number of aryl methyl sites for hydroxylation is 1. The molecule has 0 aliphatic carbocycles. The summed E-state index contributed by atoms with van der Waals surface area (Å²) in [6.07, 6.45) is 2.92. The van der Waals surface area contributed by atoms with Crippen molar-refractivity contribution in [1.82, 2.24) is 24.7 Å². The lowest BCUT2D eigenvalue weighted by atomic mass is 10.0. The third-order valence-electron chi connectivity index (χ3n) is 7.16. The van der Waals surface area contributed by atoms with Gasteiger partial charge in [0.15, 0.2) is 0 Å². The van der Waals surface area contributed by atoms with Crippen molar-refractivity contribution in [3.63, 3.8) is 0 Å². The summed E-state index contributed by atoms with van der Waals surface area (Å²) in [7, 11) is 1.96. The van der Waals surface area contributed by atoms with Crippen molar-refractivity contribution in [2.45, 2.75) is 18.5 Å². The van der Waals surface area contributed by atoms with Crippen molar-refractivity contribution in [2.75, 3.05) is 26.2 Å². The number of hydrogen-bond donors (Lipinski definition) is 1. The van der Waals surface area contributed by atoms with Gasteiger partial charge in [-0.05, 0) is 36.2 Å². The molecule has 2 aliphatic heterocycles. The number of thiazole rings is 1. The van der Waals surface area contributed by atoms with Crippen LogP contribution in [0.25, 0.3) is 22.0 Å². The summed E-state index contributed by atoms with van der Waals surface area (Å²) in [6, 6.07) is 12.7. The van der Waals surface area contributed by atoms with Crippen LogP contribution in [0, 0.1) is 5.82 Å². The number of halogens is 1. The molecule has 9 heteroatoms. The fraction of sp³-hybridized carbons (Fsp3) is 0.296. The molecule has 4 heterocycles. The fourth-order valence-electron chi connectivity index (χ4n) is 5.20. The lowest BCUT2D eigenvalue weighted by Crippen LogP contribution is -2.62. The van der Waals surface area contributed by atoms with Gasteiger partial charge in [-0.15, -0.1) is 11.3 Å². The molecule has 2 aromatic carbocycles. The minimum atomic E-state index is -0.261. The van der Waals surface area contributed by atoms with Crippen LogP contribution >= 0.6 is 11.3 Å². The molecule has 0 radical (unpaired) electrons. The maximum absolute atomic E-state index is 13.4. The van der Waals surface area contributed by atoms with Crippen LogP contribution in [0.2, 0.25) is 0 Å². The largest absolute Gasteiger partial charge is 0.350 e. The SMILES string of the molecule is Cn1cc(-c2ccc(F)cc2)c2ccc(C(=O)N3CC(NC4CCN(C(=O)c5cscn5)C4)C3)cc21. The molecule has 2 amide bonds. The number of nitrogens with zero attached hydrogens (tertiary/aromatic N) is 4. The Kier molecular flexibility index (Phi) is 5.81. The number of carbonyl (C=O) groups excluding carboxylic acids is 2. The molecule has 0 spiro atoms. The molecule has 36 heavy (non-hydrogen) atoms. The van der Waals surface area contributed by atoms with E-state index in [1.807, 2.05) is 45.8 Å². The molecule has 0 saturated carbocycles. The highest BCUT2D eigenvalue weighted by atomic mass is 32.1. The summed E-state index contributed by atoms with van der Waals surface area (Å²) in [5.41, 5.74) is 5.77. The van der Waals surface area contributed by atoms with Crippen LogP contribution in [-0.2, 0) is 7.05 Å². The number of hydrogen-bond acceptors (Lipinski definition) is 5. The summed E-state index contributed by atoms with van der Waals surface area (Å²) in [6.45, 7) is 2.70. The van der Waals surface area contributed by atoms with Gasteiger partial charge >= 0.3 is 0 Å². The third-order valence-corrected chi connectivity index (χ3v) is 7.75. The van der Waals surface area contributed by atoms with Crippen LogP contribution < -0.4 is 5.32 Å². The van der Waals surface area contributed by atoms with Crippen molar-refractivity contribution >= 4 is 34.1 Å². The number of fused-ring (bicyclic) bond motifs is 1. The van der Waals surface area contributed by atoms with Gasteiger partial charge in [-0.2, -0.15) is 0 Å². The van der Waals surface area contributed by atoms with E-state index >= 15 is 0 Å². The standard InChI is InChI=1S/C27H26FN5O2S/c1-31-14-23(17-2-5-19(28)6-3-17)22-7-4-18(10-25(22)31)26(34)33-12-21(13-33)30-20-8-9-32(11-20)27(35)24-15-36-16-29-24/h2-7,10,14-16,20-21,30H,8-9,11-13H2,1H3. The van der Waals surface area contributed by atoms with E-state index in [-0.39, 0.29) is 29.7 Å². The van der Waals surface area contributed by atoms with Crippen molar-refractivity contribution in [2.24, 2.45) is 7.05 Å². The molecule has 6 rings (SSSR count). The molecular weight excluding hydrogens is 477 g/mol. The molecule has 2 fully saturated rings. The number of carbonyl (C=O) groups is 2. The molecule has 1 N–H and O–H groups in total. The normalized spacial score (nSPS) is 18.1. The van der Waals surface area contributed by atoms with Crippen molar-refractivity contribution < 1.29 is 14.0 Å².